The van der Waals surface area contributed by atoms with Crippen LogP contribution in [0.5, 0.6) is 0 Å². The fraction of sp³-hybridized carbons (Fsp3) is 0.182. The molecule has 0 fully saturated rings. The van der Waals surface area contributed by atoms with E-state index >= 15 is 0 Å². The Morgan fingerprint density at radius 3 is 2.94 bits per heavy atom. The molecule has 2 aromatic rings. The highest BCUT2D eigenvalue weighted by Crippen LogP contribution is 2.27. The topological polar surface area (TPSA) is 88.0 Å². The molecule has 0 unspecified atom stereocenters. The molecule has 0 aliphatic carbocycles. The molecule has 17 heavy (non-hydrogen) atoms. The summed E-state index contributed by atoms with van der Waals surface area (Å²) in [6.07, 6.45) is 0.504. The molecule has 2 heterocycles. The average molecular weight is 231 g/mol. The van der Waals surface area contributed by atoms with Gasteiger partial charge < -0.3 is 9.73 Å². The maximum Gasteiger partial charge on any atom is 0.434 e. The van der Waals surface area contributed by atoms with Crippen LogP contribution in [0.25, 0.3) is 11.5 Å². The van der Waals surface area contributed by atoms with Gasteiger partial charge in [0.25, 0.3) is 0 Å². The van der Waals surface area contributed by atoms with Crippen molar-refractivity contribution in [1.82, 2.24) is 10.2 Å². The Morgan fingerprint density at radius 1 is 1.29 bits per heavy atom. The minimum absolute atomic E-state index is 0.119. The molecule has 0 saturated heterocycles. The number of nitrogens with zero attached hydrogens (tertiary/aromatic N) is 1. The number of anilines is 1. The van der Waals surface area contributed by atoms with Gasteiger partial charge >= 0.3 is 5.76 Å². The first-order valence-electron chi connectivity index (χ1n) is 5.21. The molecular formula is C11H9N3O3. The third kappa shape index (κ3) is 1.63. The SMILES string of the molecule is O=C1CCNc2cc(-c3n[nH]c(=O)o3)ccc21. The second-order valence-corrected chi connectivity index (χ2v) is 3.78. The Balaban J connectivity index is 2.09. The van der Waals surface area contributed by atoms with Crippen molar-refractivity contribution in [2.45, 2.75) is 6.42 Å². The van der Waals surface area contributed by atoms with E-state index in [4.69, 9.17) is 4.42 Å². The number of fused-ring (bicyclic) bond motifs is 1. The van der Waals surface area contributed by atoms with Crippen LogP contribution in [-0.2, 0) is 0 Å². The summed E-state index contributed by atoms with van der Waals surface area (Å²) in [5, 5.41) is 9.06. The number of aromatic nitrogens is 2. The number of ketones is 1. The van der Waals surface area contributed by atoms with Crippen LogP contribution in [0.3, 0.4) is 0 Å². The van der Waals surface area contributed by atoms with Gasteiger partial charge in [0.1, 0.15) is 0 Å². The number of hydrogen-bond donors (Lipinski definition) is 2. The number of hydrogen-bond acceptors (Lipinski definition) is 5. The van der Waals surface area contributed by atoms with Crippen LogP contribution in [-0.4, -0.2) is 22.5 Å². The van der Waals surface area contributed by atoms with Crippen LogP contribution in [0, 0.1) is 0 Å². The number of carbonyl (C=O) groups is 1. The number of benzene rings is 1. The van der Waals surface area contributed by atoms with Crippen molar-refractivity contribution >= 4 is 11.5 Å². The van der Waals surface area contributed by atoms with Crippen molar-refractivity contribution < 1.29 is 9.21 Å². The molecule has 0 bridgehead atoms. The first kappa shape index (κ1) is 9.83. The molecule has 6 heteroatoms. The zero-order chi connectivity index (χ0) is 11.8. The zero-order valence-corrected chi connectivity index (χ0v) is 8.82. The van der Waals surface area contributed by atoms with Crippen molar-refractivity contribution in [3.05, 3.63) is 34.3 Å². The van der Waals surface area contributed by atoms with Crippen molar-refractivity contribution in [2.75, 3.05) is 11.9 Å². The summed E-state index contributed by atoms with van der Waals surface area (Å²) in [7, 11) is 0. The van der Waals surface area contributed by atoms with E-state index < -0.39 is 5.76 Å². The van der Waals surface area contributed by atoms with Gasteiger partial charge in [-0.25, -0.2) is 9.89 Å². The van der Waals surface area contributed by atoms with E-state index in [1.54, 1.807) is 18.2 Å². The molecule has 86 valence electrons. The highest BCUT2D eigenvalue weighted by molar-refractivity contribution is 6.03. The van der Waals surface area contributed by atoms with E-state index in [2.05, 4.69) is 15.5 Å². The molecule has 3 rings (SSSR count). The van der Waals surface area contributed by atoms with E-state index in [1.165, 1.54) is 0 Å². The van der Waals surface area contributed by atoms with E-state index in [0.29, 0.717) is 24.1 Å². The maximum absolute atomic E-state index is 11.6. The average Bonchev–Trinajstić information content (AvgIpc) is 2.76. The highest BCUT2D eigenvalue weighted by Gasteiger charge is 2.18. The summed E-state index contributed by atoms with van der Waals surface area (Å²) in [5.41, 5.74) is 2.08. The lowest BCUT2D eigenvalue weighted by atomic mass is 10.00. The lowest BCUT2D eigenvalue weighted by molar-refractivity contribution is 0.0984. The van der Waals surface area contributed by atoms with Crippen molar-refractivity contribution in [3.8, 4) is 11.5 Å². The summed E-state index contributed by atoms with van der Waals surface area (Å²) >= 11 is 0. The standard InChI is InChI=1S/C11H9N3O3/c15-9-3-4-12-8-5-6(1-2-7(8)9)10-13-14-11(16)17-10/h1-2,5,12H,3-4H2,(H,14,16). The van der Waals surface area contributed by atoms with Gasteiger partial charge in [-0.2, -0.15) is 0 Å². The molecule has 1 aliphatic rings. The van der Waals surface area contributed by atoms with Gasteiger partial charge in [0.05, 0.1) is 0 Å². The van der Waals surface area contributed by atoms with Gasteiger partial charge in [-0.1, -0.05) is 0 Å². The second-order valence-electron chi connectivity index (χ2n) is 3.78. The first-order valence-corrected chi connectivity index (χ1v) is 5.21. The molecular weight excluding hydrogens is 222 g/mol. The fourth-order valence-electron chi connectivity index (χ4n) is 1.87. The van der Waals surface area contributed by atoms with Crippen LogP contribution in [0.2, 0.25) is 0 Å². The zero-order valence-electron chi connectivity index (χ0n) is 8.82. The summed E-state index contributed by atoms with van der Waals surface area (Å²) in [6, 6.07) is 5.18. The van der Waals surface area contributed by atoms with Crippen LogP contribution in [0.15, 0.2) is 27.4 Å². The van der Waals surface area contributed by atoms with Gasteiger partial charge in [-0.3, -0.25) is 4.79 Å². The van der Waals surface area contributed by atoms with Crippen molar-refractivity contribution in [1.29, 1.82) is 0 Å². The lowest BCUT2D eigenvalue weighted by Crippen LogP contribution is -2.17. The van der Waals surface area contributed by atoms with E-state index in [9.17, 15) is 9.59 Å². The number of H-pyrrole nitrogens is 1. The fourth-order valence-corrected chi connectivity index (χ4v) is 1.87. The lowest BCUT2D eigenvalue weighted by Gasteiger charge is -2.16. The number of carbonyl (C=O) groups excluding carboxylic acids is 1. The summed E-state index contributed by atoms with van der Waals surface area (Å²) < 4.78 is 4.85. The molecule has 1 aliphatic heterocycles. The summed E-state index contributed by atoms with van der Waals surface area (Å²) in [6.45, 7) is 0.625. The van der Waals surface area contributed by atoms with Gasteiger partial charge in [0.2, 0.25) is 5.89 Å². The molecule has 2 N–H and O–H groups in total. The van der Waals surface area contributed by atoms with Gasteiger partial charge in [0, 0.05) is 29.8 Å². The largest absolute Gasteiger partial charge is 0.434 e. The van der Waals surface area contributed by atoms with Crippen molar-refractivity contribution in [3.63, 3.8) is 0 Å². The maximum atomic E-state index is 11.6. The molecule has 0 amide bonds. The first-order chi connectivity index (χ1) is 8.24. The Bertz CT molecular complexity index is 641. The summed E-state index contributed by atoms with van der Waals surface area (Å²) in [5.74, 6) is -0.256. The van der Waals surface area contributed by atoms with E-state index in [1.807, 2.05) is 0 Å². The summed E-state index contributed by atoms with van der Waals surface area (Å²) in [4.78, 5) is 22.5. The molecule has 0 spiro atoms. The van der Waals surface area contributed by atoms with Gasteiger partial charge in [-0.15, -0.1) is 5.10 Å². The number of rotatable bonds is 1. The second kappa shape index (κ2) is 3.58. The van der Waals surface area contributed by atoms with Crippen LogP contribution in [0.4, 0.5) is 5.69 Å². The molecule has 0 radical (unpaired) electrons. The van der Waals surface area contributed by atoms with Gasteiger partial charge in [-0.05, 0) is 18.2 Å². The quantitative estimate of drug-likeness (QED) is 0.765. The van der Waals surface area contributed by atoms with Crippen molar-refractivity contribution in [2.24, 2.45) is 0 Å². The highest BCUT2D eigenvalue weighted by atomic mass is 16.4. The predicted octanol–water partition coefficient (Wildman–Crippen LogP) is 1.03. The Hall–Kier alpha value is -2.37. The van der Waals surface area contributed by atoms with Gasteiger partial charge in [0.15, 0.2) is 5.78 Å². The Labute approximate surface area is 95.7 Å². The van der Waals surface area contributed by atoms with Crippen LogP contribution in [0.1, 0.15) is 16.8 Å². The Kier molecular flexibility index (Phi) is 2.07. The molecule has 1 aromatic heterocycles. The van der Waals surface area contributed by atoms with E-state index in [0.717, 1.165) is 5.69 Å². The predicted molar refractivity (Wildman–Crippen MR) is 60.0 cm³/mol. The van der Waals surface area contributed by atoms with Crippen LogP contribution >= 0.6 is 0 Å². The Morgan fingerprint density at radius 2 is 2.18 bits per heavy atom. The smallest absolute Gasteiger partial charge is 0.388 e. The molecule has 0 saturated carbocycles. The third-order valence-electron chi connectivity index (χ3n) is 2.67. The number of Topliss-reactive ketones (excluding diaryl/α,β-unsaturated/α-hetero) is 1. The monoisotopic (exact) mass is 231 g/mol. The normalized spacial score (nSPS) is 14.2. The minimum Gasteiger partial charge on any atom is -0.388 e. The molecule has 1 aromatic carbocycles. The third-order valence-corrected chi connectivity index (χ3v) is 2.67. The minimum atomic E-state index is -0.596. The number of aromatic amines is 1. The number of nitrogens with one attached hydrogen (secondary N) is 2. The van der Waals surface area contributed by atoms with E-state index in [-0.39, 0.29) is 11.7 Å². The van der Waals surface area contributed by atoms with Crippen LogP contribution < -0.4 is 11.1 Å². The molecule has 6 nitrogen and oxygen atoms in total. The molecule has 0 atom stereocenters.